The summed E-state index contributed by atoms with van der Waals surface area (Å²) in [4.78, 5) is 26.8. The minimum absolute atomic E-state index is 0.165. The first-order chi connectivity index (χ1) is 17.2. The molecule has 0 radical (unpaired) electrons. The maximum atomic E-state index is 12.7. The summed E-state index contributed by atoms with van der Waals surface area (Å²) >= 11 is 3.44. The second kappa shape index (κ2) is 12.8. The Morgan fingerprint density at radius 2 is 1.81 bits per heavy atom. The number of carbonyl (C=O) groups excluding carboxylic acids is 2. The summed E-state index contributed by atoms with van der Waals surface area (Å²) in [6.07, 6.45) is 1.86. The number of phenols is 1. The SMILES string of the molecule is CCN(C)C(=O)c1cc(O)c(OCOc2cc(Br)c(C(=O)NCC3CCOCC3)cc2OC)cc1C. The Bertz CT molecular complexity index is 1090. The van der Waals surface area contributed by atoms with Crippen LogP contribution in [0.3, 0.4) is 0 Å². The van der Waals surface area contributed by atoms with Crippen LogP contribution in [-0.2, 0) is 4.74 Å². The number of rotatable bonds is 10. The Morgan fingerprint density at radius 3 is 2.47 bits per heavy atom. The second-order valence-corrected chi connectivity index (χ2v) is 9.46. The molecule has 1 heterocycles. The number of halogens is 1. The van der Waals surface area contributed by atoms with E-state index in [2.05, 4.69) is 21.2 Å². The first kappa shape index (κ1) is 27.6. The Hall–Kier alpha value is -2.98. The Morgan fingerprint density at radius 1 is 1.11 bits per heavy atom. The van der Waals surface area contributed by atoms with Crippen molar-refractivity contribution in [3.05, 3.63) is 45.4 Å². The number of benzene rings is 2. The molecule has 0 spiro atoms. The van der Waals surface area contributed by atoms with Gasteiger partial charge in [-0.25, -0.2) is 0 Å². The van der Waals surface area contributed by atoms with E-state index < -0.39 is 0 Å². The Kier molecular flexibility index (Phi) is 9.83. The topological polar surface area (TPSA) is 107 Å². The van der Waals surface area contributed by atoms with E-state index in [-0.39, 0.29) is 30.1 Å². The molecule has 1 aliphatic rings. The zero-order valence-electron chi connectivity index (χ0n) is 21.1. The highest BCUT2D eigenvalue weighted by atomic mass is 79.9. The quantitative estimate of drug-likeness (QED) is 0.418. The van der Waals surface area contributed by atoms with Gasteiger partial charge in [0.2, 0.25) is 6.79 Å². The van der Waals surface area contributed by atoms with E-state index in [4.69, 9.17) is 18.9 Å². The van der Waals surface area contributed by atoms with Crippen molar-refractivity contribution in [1.29, 1.82) is 0 Å². The number of hydrogen-bond donors (Lipinski definition) is 2. The fraction of sp³-hybridized carbons (Fsp3) is 0.462. The van der Waals surface area contributed by atoms with Gasteiger partial charge in [-0.2, -0.15) is 0 Å². The average molecular weight is 565 g/mol. The monoisotopic (exact) mass is 564 g/mol. The lowest BCUT2D eigenvalue weighted by Gasteiger charge is -2.22. The lowest BCUT2D eigenvalue weighted by molar-refractivity contribution is 0.0642. The van der Waals surface area contributed by atoms with E-state index in [9.17, 15) is 14.7 Å². The van der Waals surface area contributed by atoms with Gasteiger partial charge in [-0.15, -0.1) is 0 Å². The molecule has 3 rings (SSSR count). The number of ether oxygens (including phenoxy) is 4. The molecule has 2 aromatic carbocycles. The third-order valence-corrected chi connectivity index (χ3v) is 6.83. The van der Waals surface area contributed by atoms with E-state index in [0.717, 1.165) is 26.1 Å². The van der Waals surface area contributed by atoms with E-state index in [1.165, 1.54) is 13.2 Å². The van der Waals surface area contributed by atoms with Crippen molar-refractivity contribution < 1.29 is 33.6 Å². The summed E-state index contributed by atoms with van der Waals surface area (Å²) in [5.41, 5.74) is 1.50. The van der Waals surface area contributed by atoms with E-state index in [0.29, 0.717) is 51.7 Å². The highest BCUT2D eigenvalue weighted by Crippen LogP contribution is 2.35. The molecular weight excluding hydrogens is 532 g/mol. The lowest BCUT2D eigenvalue weighted by atomic mass is 10.0. The molecule has 9 nitrogen and oxygen atoms in total. The molecule has 2 aromatic rings. The van der Waals surface area contributed by atoms with Crippen molar-refractivity contribution in [3.8, 4) is 23.0 Å². The first-order valence-corrected chi connectivity index (χ1v) is 12.6. The standard InChI is InChI=1S/C26H33BrN2O7/c1-5-29(3)26(32)18-11-21(30)22(10-16(18)2)35-15-36-24-13-20(27)19(12-23(24)33-4)25(31)28-14-17-6-8-34-9-7-17/h10-13,17,30H,5-9,14-15H2,1-4H3,(H,28,31). The van der Waals surface area contributed by atoms with Crippen molar-refractivity contribution in [3.63, 3.8) is 0 Å². The van der Waals surface area contributed by atoms with Crippen molar-refractivity contribution in [2.24, 2.45) is 5.92 Å². The lowest BCUT2D eigenvalue weighted by Crippen LogP contribution is -2.32. The van der Waals surface area contributed by atoms with Crippen LogP contribution in [0, 0.1) is 12.8 Å². The summed E-state index contributed by atoms with van der Waals surface area (Å²) in [5.74, 6) is 0.757. The van der Waals surface area contributed by atoms with Gasteiger partial charge in [0.15, 0.2) is 23.0 Å². The van der Waals surface area contributed by atoms with Crippen LogP contribution in [0.5, 0.6) is 23.0 Å². The number of phenolic OH excluding ortho intramolecular Hbond substituents is 1. The van der Waals surface area contributed by atoms with E-state index >= 15 is 0 Å². The third-order valence-electron chi connectivity index (χ3n) is 6.18. The number of nitrogens with one attached hydrogen (secondary N) is 1. The van der Waals surface area contributed by atoms with E-state index in [1.807, 2.05) is 6.92 Å². The largest absolute Gasteiger partial charge is 0.504 e. The van der Waals surface area contributed by atoms with Crippen molar-refractivity contribution in [2.75, 3.05) is 47.3 Å². The summed E-state index contributed by atoms with van der Waals surface area (Å²) in [7, 11) is 3.18. The smallest absolute Gasteiger partial charge is 0.253 e. The molecule has 0 unspecified atom stereocenters. The minimum Gasteiger partial charge on any atom is -0.504 e. The van der Waals surface area contributed by atoms with Gasteiger partial charge in [0.1, 0.15) is 0 Å². The first-order valence-electron chi connectivity index (χ1n) is 11.8. The maximum absolute atomic E-state index is 12.7. The predicted octanol–water partition coefficient (Wildman–Crippen LogP) is 4.14. The van der Waals surface area contributed by atoms with Crippen LogP contribution in [0.15, 0.2) is 28.7 Å². The van der Waals surface area contributed by atoms with Crippen LogP contribution in [0.1, 0.15) is 46.0 Å². The van der Waals surface area contributed by atoms with Crippen molar-refractivity contribution in [1.82, 2.24) is 10.2 Å². The molecule has 2 N–H and O–H groups in total. The molecule has 1 fully saturated rings. The van der Waals surface area contributed by atoms with Crippen LogP contribution < -0.4 is 19.5 Å². The van der Waals surface area contributed by atoms with Crippen LogP contribution in [0.2, 0.25) is 0 Å². The normalized spacial score (nSPS) is 13.7. The molecule has 196 valence electrons. The molecule has 1 aliphatic heterocycles. The molecule has 36 heavy (non-hydrogen) atoms. The summed E-state index contributed by atoms with van der Waals surface area (Å²) in [6, 6.07) is 6.22. The van der Waals surface area contributed by atoms with Gasteiger partial charge in [0, 0.05) is 43.4 Å². The maximum Gasteiger partial charge on any atom is 0.253 e. The number of aromatic hydroxyl groups is 1. The number of aryl methyl sites for hydroxylation is 1. The van der Waals surface area contributed by atoms with Gasteiger partial charge < -0.3 is 34.3 Å². The molecule has 0 saturated carbocycles. The van der Waals surface area contributed by atoms with Crippen molar-refractivity contribution in [2.45, 2.75) is 26.7 Å². The fourth-order valence-corrected chi connectivity index (χ4v) is 4.29. The predicted molar refractivity (Wildman–Crippen MR) is 138 cm³/mol. The molecule has 1 saturated heterocycles. The number of nitrogens with zero attached hydrogens (tertiary/aromatic N) is 1. The number of amides is 2. The number of methoxy groups -OCH3 is 1. The summed E-state index contributed by atoms with van der Waals surface area (Å²) in [6.45, 7) is 6.01. The molecule has 0 aromatic heterocycles. The number of hydrogen-bond acceptors (Lipinski definition) is 7. The fourth-order valence-electron chi connectivity index (χ4n) is 3.79. The average Bonchev–Trinajstić information content (AvgIpc) is 2.88. The van der Waals surface area contributed by atoms with E-state index in [1.54, 1.807) is 37.1 Å². The molecule has 0 bridgehead atoms. The van der Waals surface area contributed by atoms with Gasteiger partial charge in [-0.05, 0) is 78.4 Å². The second-order valence-electron chi connectivity index (χ2n) is 8.61. The molecule has 2 amide bonds. The zero-order valence-corrected chi connectivity index (χ0v) is 22.6. The van der Waals surface area contributed by atoms with Gasteiger partial charge >= 0.3 is 0 Å². The molecule has 0 atom stereocenters. The zero-order chi connectivity index (χ0) is 26.2. The minimum atomic E-state index is -0.229. The third kappa shape index (κ3) is 6.82. The Balaban J connectivity index is 1.64. The molecular formula is C26H33BrN2O7. The Labute approximate surface area is 219 Å². The summed E-state index contributed by atoms with van der Waals surface area (Å²) < 4.78 is 22.7. The highest BCUT2D eigenvalue weighted by molar-refractivity contribution is 9.10. The number of carbonyl (C=O) groups is 2. The highest BCUT2D eigenvalue weighted by Gasteiger charge is 2.20. The molecule has 10 heteroatoms. The van der Waals surface area contributed by atoms with Gasteiger partial charge in [0.25, 0.3) is 11.8 Å². The molecule has 0 aliphatic carbocycles. The van der Waals surface area contributed by atoms with Gasteiger partial charge in [-0.3, -0.25) is 9.59 Å². The van der Waals surface area contributed by atoms with Crippen LogP contribution in [0.25, 0.3) is 0 Å². The van der Waals surface area contributed by atoms with Gasteiger partial charge in [0.05, 0.1) is 12.7 Å². The van der Waals surface area contributed by atoms with Crippen molar-refractivity contribution >= 4 is 27.7 Å². The van der Waals surface area contributed by atoms with Crippen LogP contribution >= 0.6 is 15.9 Å². The summed E-state index contributed by atoms with van der Waals surface area (Å²) in [5, 5.41) is 13.3. The van der Waals surface area contributed by atoms with Crippen LogP contribution in [0.4, 0.5) is 0 Å². The van der Waals surface area contributed by atoms with Crippen LogP contribution in [-0.4, -0.2) is 69.1 Å². The van der Waals surface area contributed by atoms with Gasteiger partial charge in [-0.1, -0.05) is 0 Å².